The zero-order valence-corrected chi connectivity index (χ0v) is 25.2. The first-order chi connectivity index (χ1) is 18.9. The SMILES string of the molecule is CC(C)(C)C(CCCCB1OC(C)(C)C(C)(C)O1)(N=C(c1ccccc1)c1ccccc1)C(=O)c1ccccc1. The summed E-state index contributed by atoms with van der Waals surface area (Å²) in [6, 6.07) is 30.0. The van der Waals surface area contributed by atoms with Gasteiger partial charge in [0.1, 0.15) is 5.54 Å². The summed E-state index contributed by atoms with van der Waals surface area (Å²) in [5, 5.41) is 0. The lowest BCUT2D eigenvalue weighted by atomic mass is 9.66. The smallest absolute Gasteiger partial charge is 0.403 e. The summed E-state index contributed by atoms with van der Waals surface area (Å²) in [7, 11) is -0.244. The van der Waals surface area contributed by atoms with Gasteiger partial charge in [0.2, 0.25) is 0 Å². The second-order valence-corrected chi connectivity index (χ2v) is 12.9. The zero-order chi connectivity index (χ0) is 29.0. The summed E-state index contributed by atoms with van der Waals surface area (Å²) in [6.07, 6.45) is 3.09. The lowest BCUT2D eigenvalue weighted by molar-refractivity contribution is 0.00578. The summed E-state index contributed by atoms with van der Waals surface area (Å²) in [4.78, 5) is 20.1. The average Bonchev–Trinajstić information content (AvgIpc) is 3.14. The molecule has 40 heavy (non-hydrogen) atoms. The van der Waals surface area contributed by atoms with Crippen LogP contribution in [0.5, 0.6) is 0 Å². The van der Waals surface area contributed by atoms with E-state index in [1.54, 1.807) is 0 Å². The van der Waals surface area contributed by atoms with Crippen LogP contribution in [0.4, 0.5) is 0 Å². The number of rotatable bonds is 10. The highest BCUT2D eigenvalue weighted by Gasteiger charge is 2.51. The van der Waals surface area contributed by atoms with Gasteiger partial charge in [-0.05, 0) is 45.9 Å². The van der Waals surface area contributed by atoms with Gasteiger partial charge < -0.3 is 9.31 Å². The number of hydrogen-bond donors (Lipinski definition) is 0. The van der Waals surface area contributed by atoms with Crippen molar-refractivity contribution in [2.45, 2.75) is 90.8 Å². The highest BCUT2D eigenvalue weighted by Crippen LogP contribution is 2.43. The molecule has 1 fully saturated rings. The molecule has 0 spiro atoms. The molecule has 0 bridgehead atoms. The van der Waals surface area contributed by atoms with Gasteiger partial charge in [0.25, 0.3) is 0 Å². The van der Waals surface area contributed by atoms with E-state index >= 15 is 0 Å². The molecule has 0 aromatic heterocycles. The molecule has 3 aromatic carbocycles. The first-order valence-electron chi connectivity index (χ1n) is 14.5. The molecule has 0 N–H and O–H groups in total. The third-order valence-corrected chi connectivity index (χ3v) is 8.58. The number of aliphatic imine (C=N–C) groups is 1. The van der Waals surface area contributed by atoms with Gasteiger partial charge in [-0.3, -0.25) is 9.79 Å². The Hall–Kier alpha value is -3.02. The van der Waals surface area contributed by atoms with Crippen LogP contribution in [0.1, 0.15) is 89.2 Å². The van der Waals surface area contributed by atoms with Gasteiger partial charge in [-0.1, -0.05) is 125 Å². The maximum absolute atomic E-state index is 14.6. The van der Waals surface area contributed by atoms with Crippen LogP contribution in [0.2, 0.25) is 6.32 Å². The minimum Gasteiger partial charge on any atom is -0.403 e. The first kappa shape index (κ1) is 30.0. The molecule has 4 nitrogen and oxygen atoms in total. The number of Topliss-reactive ketones (excluding diaryl/α,β-unsaturated/α-hetero) is 1. The molecule has 210 valence electrons. The Labute approximate surface area is 241 Å². The van der Waals surface area contributed by atoms with Crippen molar-refractivity contribution in [2.24, 2.45) is 10.4 Å². The number of ketones is 1. The summed E-state index contributed by atoms with van der Waals surface area (Å²) in [6.45, 7) is 14.7. The molecule has 1 aliphatic rings. The van der Waals surface area contributed by atoms with Crippen LogP contribution in [0.3, 0.4) is 0 Å². The number of hydrogen-bond acceptors (Lipinski definition) is 4. The van der Waals surface area contributed by atoms with Crippen LogP contribution < -0.4 is 0 Å². The van der Waals surface area contributed by atoms with E-state index in [9.17, 15) is 4.79 Å². The molecule has 0 radical (unpaired) electrons. The summed E-state index contributed by atoms with van der Waals surface area (Å²) in [5.41, 5.74) is 1.41. The lowest BCUT2D eigenvalue weighted by Crippen LogP contribution is -2.49. The second-order valence-electron chi connectivity index (χ2n) is 12.9. The molecule has 5 heteroatoms. The Morgan fingerprint density at radius 3 is 1.55 bits per heavy atom. The Bertz CT molecular complexity index is 1240. The predicted octanol–water partition coefficient (Wildman–Crippen LogP) is 8.45. The maximum Gasteiger partial charge on any atom is 0.457 e. The fraction of sp³-hybridized carbons (Fsp3) is 0.429. The molecule has 1 heterocycles. The molecule has 1 aliphatic heterocycles. The molecular weight excluding hydrogens is 493 g/mol. The summed E-state index contributed by atoms with van der Waals surface area (Å²) >= 11 is 0. The number of benzene rings is 3. The fourth-order valence-electron chi connectivity index (χ4n) is 5.39. The maximum atomic E-state index is 14.6. The molecule has 0 saturated carbocycles. The number of carbonyl (C=O) groups excluding carboxylic acids is 1. The third-order valence-electron chi connectivity index (χ3n) is 8.58. The predicted molar refractivity (Wildman–Crippen MR) is 166 cm³/mol. The zero-order valence-electron chi connectivity index (χ0n) is 25.2. The lowest BCUT2D eigenvalue weighted by Gasteiger charge is -2.41. The Morgan fingerprint density at radius 1 is 0.700 bits per heavy atom. The van der Waals surface area contributed by atoms with E-state index in [4.69, 9.17) is 14.3 Å². The quantitative estimate of drug-likeness (QED) is 0.113. The van der Waals surface area contributed by atoms with Crippen LogP contribution in [-0.2, 0) is 9.31 Å². The highest BCUT2D eigenvalue weighted by molar-refractivity contribution is 6.45. The normalized spacial score (nSPS) is 17.7. The van der Waals surface area contributed by atoms with Crippen molar-refractivity contribution < 1.29 is 14.1 Å². The van der Waals surface area contributed by atoms with E-state index in [2.05, 4.69) is 72.7 Å². The molecule has 1 atom stereocenters. The van der Waals surface area contributed by atoms with Crippen LogP contribution in [0.15, 0.2) is 96.0 Å². The van der Waals surface area contributed by atoms with E-state index in [0.29, 0.717) is 12.0 Å². The second kappa shape index (κ2) is 11.8. The number of carbonyl (C=O) groups is 1. The van der Waals surface area contributed by atoms with Gasteiger partial charge >= 0.3 is 7.12 Å². The Balaban J connectivity index is 1.74. The number of unbranched alkanes of at least 4 members (excludes halogenated alkanes) is 1. The van der Waals surface area contributed by atoms with E-state index in [0.717, 1.165) is 36.0 Å². The summed E-state index contributed by atoms with van der Waals surface area (Å²) < 4.78 is 12.5. The van der Waals surface area contributed by atoms with Gasteiger partial charge in [-0.15, -0.1) is 0 Å². The minimum absolute atomic E-state index is 0.0561. The van der Waals surface area contributed by atoms with Crippen LogP contribution in [-0.4, -0.2) is 35.4 Å². The fourth-order valence-corrected chi connectivity index (χ4v) is 5.39. The third kappa shape index (κ3) is 6.32. The summed E-state index contributed by atoms with van der Waals surface area (Å²) in [5.74, 6) is 0.0561. The van der Waals surface area contributed by atoms with Crippen LogP contribution in [0.25, 0.3) is 0 Å². The van der Waals surface area contributed by atoms with E-state index in [1.165, 1.54) is 0 Å². The molecule has 3 aromatic rings. The largest absolute Gasteiger partial charge is 0.457 e. The van der Waals surface area contributed by atoms with Crippen molar-refractivity contribution in [1.82, 2.24) is 0 Å². The van der Waals surface area contributed by atoms with Gasteiger partial charge in [-0.25, -0.2) is 0 Å². The van der Waals surface area contributed by atoms with E-state index in [-0.39, 0.29) is 24.1 Å². The topological polar surface area (TPSA) is 47.9 Å². The van der Waals surface area contributed by atoms with E-state index < -0.39 is 11.0 Å². The van der Waals surface area contributed by atoms with Gasteiger partial charge in [0.15, 0.2) is 5.78 Å². The monoisotopic (exact) mass is 537 g/mol. The molecular formula is C35H44BNO3. The van der Waals surface area contributed by atoms with Crippen molar-refractivity contribution in [3.63, 3.8) is 0 Å². The van der Waals surface area contributed by atoms with Crippen LogP contribution in [0, 0.1) is 5.41 Å². The Kier molecular flexibility index (Phi) is 8.87. The van der Waals surface area contributed by atoms with Crippen molar-refractivity contribution in [3.8, 4) is 0 Å². The van der Waals surface area contributed by atoms with Crippen molar-refractivity contribution in [1.29, 1.82) is 0 Å². The number of nitrogens with zero attached hydrogens (tertiary/aromatic N) is 1. The first-order valence-corrected chi connectivity index (χ1v) is 14.5. The molecule has 0 amide bonds. The standard InChI is InChI=1S/C35H44BNO3/c1-32(2,3)35(31(38)29-23-15-10-16-24-29,25-17-18-26-36-39-33(4,5)34(6,7)40-36)37-30(27-19-11-8-12-20-27)28-21-13-9-14-22-28/h8-16,19-24H,17-18,25-26H2,1-7H3. The van der Waals surface area contributed by atoms with Gasteiger partial charge in [0, 0.05) is 16.7 Å². The van der Waals surface area contributed by atoms with Gasteiger partial charge in [0.05, 0.1) is 16.9 Å². The van der Waals surface area contributed by atoms with Crippen LogP contribution >= 0.6 is 0 Å². The molecule has 0 aliphatic carbocycles. The van der Waals surface area contributed by atoms with E-state index in [1.807, 2.05) is 66.7 Å². The Morgan fingerprint density at radius 2 is 1.12 bits per heavy atom. The van der Waals surface area contributed by atoms with Gasteiger partial charge in [-0.2, -0.15) is 0 Å². The van der Waals surface area contributed by atoms with Crippen molar-refractivity contribution >= 4 is 18.6 Å². The van der Waals surface area contributed by atoms with Crippen molar-refractivity contribution in [2.75, 3.05) is 0 Å². The molecule has 1 saturated heterocycles. The average molecular weight is 538 g/mol. The molecule has 1 unspecified atom stereocenters. The van der Waals surface area contributed by atoms with Crippen molar-refractivity contribution in [3.05, 3.63) is 108 Å². The molecule has 4 rings (SSSR count). The highest BCUT2D eigenvalue weighted by atomic mass is 16.7. The minimum atomic E-state index is -0.981.